The number of halogens is 1. The number of nitrogens with one attached hydrogen (secondary N) is 1. The van der Waals surface area contributed by atoms with Gasteiger partial charge in [0, 0.05) is 44.0 Å². The van der Waals surface area contributed by atoms with Crippen LogP contribution in [0, 0.1) is 6.92 Å². The third kappa shape index (κ3) is 5.92. The first-order valence-electron chi connectivity index (χ1n) is 12.4. The Balaban J connectivity index is 1.68. The van der Waals surface area contributed by atoms with E-state index < -0.39 is 0 Å². The lowest BCUT2D eigenvalue weighted by molar-refractivity contribution is 0.0784. The summed E-state index contributed by atoms with van der Waals surface area (Å²) in [4.78, 5) is 31.6. The summed E-state index contributed by atoms with van der Waals surface area (Å²) in [6.07, 6.45) is 2.66. The monoisotopic (exact) mass is 519 g/mol. The number of carbonyl (C=O) groups excluding carboxylic acids is 1. The van der Waals surface area contributed by atoms with E-state index in [0.717, 1.165) is 42.4 Å². The summed E-state index contributed by atoms with van der Waals surface area (Å²) < 4.78 is 2.04. The molecule has 0 spiro atoms. The van der Waals surface area contributed by atoms with E-state index >= 15 is 0 Å². The third-order valence-electron chi connectivity index (χ3n) is 6.47. The number of likely N-dealkylation sites (N-methyl/N-ethyl adjacent to an activating group) is 1. The number of imidazole rings is 1. The van der Waals surface area contributed by atoms with Crippen LogP contribution in [0.3, 0.4) is 0 Å². The lowest BCUT2D eigenvalue weighted by atomic mass is 10.0. The topological polar surface area (TPSA) is 79.2 Å². The van der Waals surface area contributed by atoms with Crippen LogP contribution in [0.25, 0.3) is 22.3 Å². The van der Waals surface area contributed by atoms with Gasteiger partial charge in [-0.3, -0.25) is 4.79 Å². The molecule has 0 aliphatic carbocycles. The predicted molar refractivity (Wildman–Crippen MR) is 150 cm³/mol. The molecule has 1 N–H and O–H groups in total. The van der Waals surface area contributed by atoms with Crippen LogP contribution < -0.4 is 5.32 Å². The molecule has 4 rings (SSSR count). The first kappa shape index (κ1) is 26.6. The van der Waals surface area contributed by atoms with Gasteiger partial charge in [-0.05, 0) is 57.4 Å². The normalized spacial score (nSPS) is 11.4. The van der Waals surface area contributed by atoms with E-state index in [2.05, 4.69) is 22.1 Å². The van der Waals surface area contributed by atoms with Crippen molar-refractivity contribution in [3.63, 3.8) is 0 Å². The second kappa shape index (κ2) is 11.3. The molecule has 0 aliphatic rings. The van der Waals surface area contributed by atoms with Crippen LogP contribution in [0.2, 0.25) is 5.02 Å². The molecule has 194 valence electrons. The number of aromatic nitrogens is 4. The minimum atomic E-state index is -0.117. The number of rotatable bonds is 9. The zero-order chi connectivity index (χ0) is 26.7. The van der Waals surface area contributed by atoms with Crippen LogP contribution in [0.5, 0.6) is 0 Å². The molecular weight excluding hydrogens is 486 g/mol. The molecule has 0 saturated heterocycles. The predicted octanol–water partition coefficient (Wildman–Crippen LogP) is 4.80. The molecule has 0 bridgehead atoms. The molecule has 4 aromatic rings. The number of benzene rings is 1. The summed E-state index contributed by atoms with van der Waals surface area (Å²) >= 11 is 6.31. The van der Waals surface area contributed by atoms with Gasteiger partial charge in [0.05, 0.1) is 52.3 Å². The molecule has 0 unspecified atom stereocenters. The van der Waals surface area contributed by atoms with Gasteiger partial charge >= 0.3 is 0 Å². The Hall–Kier alpha value is -3.49. The van der Waals surface area contributed by atoms with Gasteiger partial charge < -0.3 is 19.7 Å². The van der Waals surface area contributed by atoms with E-state index in [0.29, 0.717) is 39.4 Å². The van der Waals surface area contributed by atoms with Crippen LogP contribution in [0.4, 0.5) is 5.69 Å². The average molecular weight is 520 g/mol. The molecule has 0 fully saturated rings. The van der Waals surface area contributed by atoms with E-state index in [4.69, 9.17) is 21.6 Å². The summed E-state index contributed by atoms with van der Waals surface area (Å²) in [6, 6.07) is 11.2. The van der Waals surface area contributed by atoms with Crippen molar-refractivity contribution in [1.82, 2.24) is 29.3 Å². The molecule has 37 heavy (non-hydrogen) atoms. The Kier molecular flexibility index (Phi) is 8.10. The van der Waals surface area contributed by atoms with Crippen molar-refractivity contribution in [2.45, 2.75) is 26.8 Å². The first-order chi connectivity index (χ1) is 17.7. The first-order valence-corrected chi connectivity index (χ1v) is 12.8. The molecule has 0 aliphatic heterocycles. The molecule has 0 saturated carbocycles. The fourth-order valence-electron chi connectivity index (χ4n) is 4.29. The highest BCUT2D eigenvalue weighted by Crippen LogP contribution is 2.28. The van der Waals surface area contributed by atoms with E-state index in [1.54, 1.807) is 24.1 Å². The number of hydrogen-bond acceptors (Lipinski definition) is 6. The maximum absolute atomic E-state index is 13.7. The van der Waals surface area contributed by atoms with Gasteiger partial charge in [-0.15, -0.1) is 0 Å². The highest BCUT2D eigenvalue weighted by Gasteiger charge is 2.20. The molecular formula is C28H34ClN7O. The van der Waals surface area contributed by atoms with Gasteiger partial charge in [-0.2, -0.15) is 0 Å². The Labute approximate surface area is 223 Å². The van der Waals surface area contributed by atoms with Gasteiger partial charge in [-0.25, -0.2) is 15.0 Å². The number of amides is 1. The lowest BCUT2D eigenvalue weighted by Crippen LogP contribution is -2.27. The van der Waals surface area contributed by atoms with Crippen molar-refractivity contribution in [2.24, 2.45) is 7.05 Å². The summed E-state index contributed by atoms with van der Waals surface area (Å²) in [6.45, 7) is 6.23. The molecule has 0 atom stereocenters. The van der Waals surface area contributed by atoms with Gasteiger partial charge in [0.15, 0.2) is 0 Å². The Morgan fingerprint density at radius 2 is 1.86 bits per heavy atom. The highest BCUT2D eigenvalue weighted by atomic mass is 35.5. The zero-order valence-corrected chi connectivity index (χ0v) is 23.1. The average Bonchev–Trinajstić information content (AvgIpc) is 3.22. The molecule has 8 nitrogen and oxygen atoms in total. The number of aryl methyl sites for hydroxylation is 2. The van der Waals surface area contributed by atoms with Crippen LogP contribution in [-0.2, 0) is 20.0 Å². The number of hydrogen-bond donors (Lipinski definition) is 1. The molecule has 1 aromatic carbocycles. The second-order valence-corrected chi connectivity index (χ2v) is 9.95. The Bertz CT molecular complexity index is 1430. The number of pyridine rings is 2. The maximum atomic E-state index is 13.7. The van der Waals surface area contributed by atoms with Crippen LogP contribution in [-0.4, -0.2) is 69.5 Å². The summed E-state index contributed by atoms with van der Waals surface area (Å²) in [5, 5.41) is 4.70. The van der Waals surface area contributed by atoms with Crippen molar-refractivity contribution in [2.75, 3.05) is 39.5 Å². The van der Waals surface area contributed by atoms with Crippen molar-refractivity contribution >= 4 is 34.1 Å². The molecule has 3 heterocycles. The minimum Gasteiger partial charge on any atom is -0.382 e. The molecule has 0 radical (unpaired) electrons. The molecule has 9 heteroatoms. The van der Waals surface area contributed by atoms with Crippen LogP contribution in [0.1, 0.15) is 34.5 Å². The number of anilines is 1. The fourth-order valence-corrected chi connectivity index (χ4v) is 4.47. The summed E-state index contributed by atoms with van der Waals surface area (Å²) in [5.41, 5.74) is 5.42. The summed E-state index contributed by atoms with van der Waals surface area (Å²) in [7, 11) is 7.87. The Morgan fingerprint density at radius 1 is 1.08 bits per heavy atom. The Morgan fingerprint density at radius 3 is 2.54 bits per heavy atom. The number of carbonyl (C=O) groups is 1. The smallest absolute Gasteiger partial charge is 0.254 e. The standard InChI is InChI=1S/C28H34ClN7O/c1-7-27-31-16-20(36(27)6)17-35(5)28(37)22-15-26(33-24-9-8-19(29)14-21(22)24)25-11-10-23(18(2)32-25)30-12-13-34(3)4/h8-11,14-16,30H,7,12-13,17H2,1-6H3. The SMILES string of the molecule is CCc1ncc(CN(C)C(=O)c2cc(-c3ccc(NCCN(C)C)c(C)n3)nc3ccc(Cl)cc23)n1C. The lowest BCUT2D eigenvalue weighted by Gasteiger charge is -2.19. The van der Waals surface area contributed by atoms with E-state index in [1.165, 1.54) is 0 Å². The minimum absolute atomic E-state index is 0.117. The van der Waals surface area contributed by atoms with Gasteiger partial charge in [0.1, 0.15) is 5.82 Å². The highest BCUT2D eigenvalue weighted by molar-refractivity contribution is 6.31. The third-order valence-corrected chi connectivity index (χ3v) is 6.70. The van der Waals surface area contributed by atoms with Crippen LogP contribution in [0.15, 0.2) is 42.6 Å². The maximum Gasteiger partial charge on any atom is 0.254 e. The number of fused-ring (bicyclic) bond motifs is 1. The van der Waals surface area contributed by atoms with Crippen molar-refractivity contribution in [1.29, 1.82) is 0 Å². The summed E-state index contributed by atoms with van der Waals surface area (Å²) in [5.74, 6) is 0.870. The second-order valence-electron chi connectivity index (χ2n) is 9.52. The van der Waals surface area contributed by atoms with Gasteiger partial charge in [0.25, 0.3) is 5.91 Å². The van der Waals surface area contributed by atoms with E-state index in [1.807, 2.05) is 63.1 Å². The fraction of sp³-hybridized carbons (Fsp3) is 0.357. The molecule has 3 aromatic heterocycles. The van der Waals surface area contributed by atoms with E-state index in [9.17, 15) is 4.79 Å². The van der Waals surface area contributed by atoms with Crippen molar-refractivity contribution in [3.8, 4) is 11.4 Å². The van der Waals surface area contributed by atoms with Crippen LogP contribution >= 0.6 is 11.6 Å². The van der Waals surface area contributed by atoms with Gasteiger partial charge in [-0.1, -0.05) is 18.5 Å². The van der Waals surface area contributed by atoms with Crippen molar-refractivity contribution in [3.05, 3.63) is 70.4 Å². The van der Waals surface area contributed by atoms with Crippen molar-refractivity contribution < 1.29 is 4.79 Å². The van der Waals surface area contributed by atoms with Gasteiger partial charge in [0.2, 0.25) is 0 Å². The van der Waals surface area contributed by atoms with E-state index in [-0.39, 0.29) is 5.91 Å². The largest absolute Gasteiger partial charge is 0.382 e. The quantitative estimate of drug-likeness (QED) is 0.342. The number of nitrogens with zero attached hydrogens (tertiary/aromatic N) is 6. The molecule has 1 amide bonds. The zero-order valence-electron chi connectivity index (χ0n) is 22.3.